The van der Waals surface area contributed by atoms with Gasteiger partial charge in [-0.1, -0.05) is 29.8 Å². The molecule has 1 atom stereocenters. The van der Waals surface area contributed by atoms with Gasteiger partial charge in [0.05, 0.1) is 23.7 Å². The minimum atomic E-state index is -1.42. The second kappa shape index (κ2) is 8.14. The summed E-state index contributed by atoms with van der Waals surface area (Å²) in [5.41, 5.74) is 0.426. The van der Waals surface area contributed by atoms with Crippen LogP contribution in [-0.2, 0) is 17.8 Å². The smallest absolute Gasteiger partial charge is 0.332 e. The van der Waals surface area contributed by atoms with Crippen LogP contribution >= 0.6 is 11.6 Å². The Labute approximate surface area is 191 Å². The number of carboxylic acids is 1. The highest BCUT2D eigenvalue weighted by Gasteiger charge is 2.27. The van der Waals surface area contributed by atoms with Crippen LogP contribution in [0.4, 0.5) is 0 Å². The summed E-state index contributed by atoms with van der Waals surface area (Å²) >= 11 is 6.13. The lowest BCUT2D eigenvalue weighted by atomic mass is 10.0. The van der Waals surface area contributed by atoms with Gasteiger partial charge >= 0.3 is 11.7 Å². The summed E-state index contributed by atoms with van der Waals surface area (Å²) in [7, 11) is 0. The SMILES string of the molecule is O=C(O)[C@@H](Cc1c[nH]c2ccccc12)n1c(=O)c2cc(Cl)ccc2n(Cc2ccco2)c1=O. The lowest BCUT2D eigenvalue weighted by Gasteiger charge is -2.18. The third kappa shape index (κ3) is 3.64. The van der Waals surface area contributed by atoms with Crippen LogP contribution in [0.2, 0.25) is 5.02 Å². The number of halogens is 1. The Hall–Kier alpha value is -4.04. The number of nitrogens with one attached hydrogen (secondary N) is 1. The normalized spacial score (nSPS) is 12.4. The molecule has 0 aliphatic rings. The molecule has 0 aliphatic heterocycles. The van der Waals surface area contributed by atoms with E-state index in [4.69, 9.17) is 16.0 Å². The number of hydrogen-bond donors (Lipinski definition) is 2. The molecule has 0 radical (unpaired) electrons. The molecule has 2 N–H and O–H groups in total. The number of aliphatic carboxylic acids is 1. The summed E-state index contributed by atoms with van der Waals surface area (Å²) in [4.78, 5) is 42.4. The highest BCUT2D eigenvalue weighted by atomic mass is 35.5. The van der Waals surface area contributed by atoms with Crippen LogP contribution in [0.25, 0.3) is 21.8 Å². The second-order valence-electron chi connectivity index (χ2n) is 7.70. The molecule has 0 bridgehead atoms. The number of nitrogens with zero attached hydrogens (tertiary/aromatic N) is 2. The van der Waals surface area contributed by atoms with Crippen LogP contribution in [0.3, 0.4) is 0 Å². The molecule has 0 aliphatic carbocycles. The van der Waals surface area contributed by atoms with Gasteiger partial charge in [0.25, 0.3) is 5.56 Å². The number of aromatic amines is 1. The van der Waals surface area contributed by atoms with Gasteiger partial charge in [-0.25, -0.2) is 14.2 Å². The van der Waals surface area contributed by atoms with Crippen molar-refractivity contribution >= 4 is 39.4 Å². The molecule has 8 nitrogen and oxygen atoms in total. The first-order chi connectivity index (χ1) is 15.9. The van der Waals surface area contributed by atoms with Crippen molar-refractivity contribution in [3.05, 3.63) is 104 Å². The van der Waals surface area contributed by atoms with E-state index < -0.39 is 23.3 Å². The Morgan fingerprint density at radius 3 is 2.67 bits per heavy atom. The monoisotopic (exact) mass is 463 g/mol. The first kappa shape index (κ1) is 20.8. The van der Waals surface area contributed by atoms with E-state index in [9.17, 15) is 19.5 Å². The number of furan rings is 1. The van der Waals surface area contributed by atoms with Crippen LogP contribution in [0.15, 0.2) is 81.1 Å². The van der Waals surface area contributed by atoms with Gasteiger partial charge in [0, 0.05) is 28.5 Å². The van der Waals surface area contributed by atoms with Crippen molar-refractivity contribution in [1.82, 2.24) is 14.1 Å². The first-order valence-electron chi connectivity index (χ1n) is 10.2. The number of hydrogen-bond acceptors (Lipinski definition) is 4. The number of para-hydroxylation sites is 1. The maximum Gasteiger partial charge on any atom is 0.332 e. The number of rotatable bonds is 6. The molecule has 0 amide bonds. The zero-order valence-corrected chi connectivity index (χ0v) is 18.0. The van der Waals surface area contributed by atoms with Crippen molar-refractivity contribution in [2.45, 2.75) is 19.0 Å². The molecule has 166 valence electrons. The molecule has 3 heterocycles. The molecule has 0 spiro atoms. The number of aromatic nitrogens is 3. The van der Waals surface area contributed by atoms with Crippen LogP contribution < -0.4 is 11.2 Å². The van der Waals surface area contributed by atoms with Crippen LogP contribution in [-0.4, -0.2) is 25.2 Å². The summed E-state index contributed by atoms with van der Waals surface area (Å²) in [6.45, 7) is 0.0314. The zero-order chi connectivity index (χ0) is 23.1. The van der Waals surface area contributed by atoms with E-state index in [1.807, 2.05) is 24.3 Å². The molecule has 5 rings (SSSR count). The van der Waals surface area contributed by atoms with E-state index in [0.717, 1.165) is 15.5 Å². The molecule has 33 heavy (non-hydrogen) atoms. The fourth-order valence-corrected chi connectivity index (χ4v) is 4.32. The summed E-state index contributed by atoms with van der Waals surface area (Å²) in [6.07, 6.45) is 3.12. The van der Waals surface area contributed by atoms with E-state index in [0.29, 0.717) is 21.9 Å². The summed E-state index contributed by atoms with van der Waals surface area (Å²) in [5.74, 6) is -0.799. The minimum Gasteiger partial charge on any atom is -0.480 e. The Bertz CT molecular complexity index is 1610. The maximum atomic E-state index is 13.5. The molecule has 0 saturated heterocycles. The molecule has 2 aromatic carbocycles. The van der Waals surface area contributed by atoms with E-state index in [1.54, 1.807) is 30.5 Å². The van der Waals surface area contributed by atoms with Crippen LogP contribution in [0.5, 0.6) is 0 Å². The molecule has 0 unspecified atom stereocenters. The van der Waals surface area contributed by atoms with Gasteiger partial charge in [0.2, 0.25) is 0 Å². The molecule has 0 saturated carbocycles. The topological polar surface area (TPSA) is 110 Å². The molecular formula is C24H18ClN3O5. The van der Waals surface area contributed by atoms with Gasteiger partial charge in [0.1, 0.15) is 11.8 Å². The Morgan fingerprint density at radius 2 is 1.91 bits per heavy atom. The largest absolute Gasteiger partial charge is 0.480 e. The van der Waals surface area contributed by atoms with E-state index in [1.165, 1.54) is 16.9 Å². The van der Waals surface area contributed by atoms with Gasteiger partial charge < -0.3 is 14.5 Å². The average Bonchev–Trinajstić information content (AvgIpc) is 3.46. The number of carbonyl (C=O) groups is 1. The highest BCUT2D eigenvalue weighted by Crippen LogP contribution is 2.23. The van der Waals surface area contributed by atoms with Crippen molar-refractivity contribution in [2.75, 3.05) is 0 Å². The average molecular weight is 464 g/mol. The predicted molar refractivity (Wildman–Crippen MR) is 124 cm³/mol. The van der Waals surface area contributed by atoms with Gasteiger partial charge in [0.15, 0.2) is 0 Å². The minimum absolute atomic E-state index is 0.0314. The predicted octanol–water partition coefficient (Wildman–Crippen LogP) is 3.81. The molecular weight excluding hydrogens is 446 g/mol. The summed E-state index contributed by atoms with van der Waals surface area (Å²) in [5, 5.41) is 11.3. The fourth-order valence-electron chi connectivity index (χ4n) is 4.15. The summed E-state index contributed by atoms with van der Waals surface area (Å²) < 4.78 is 7.51. The Balaban J connectivity index is 1.73. The third-order valence-corrected chi connectivity index (χ3v) is 5.95. The van der Waals surface area contributed by atoms with E-state index in [2.05, 4.69) is 4.98 Å². The number of carboxylic acid groups (broad SMARTS) is 1. The number of fused-ring (bicyclic) bond motifs is 2. The van der Waals surface area contributed by atoms with E-state index >= 15 is 0 Å². The van der Waals surface area contributed by atoms with E-state index in [-0.39, 0.29) is 18.4 Å². The molecule has 9 heteroatoms. The molecule has 3 aromatic heterocycles. The third-order valence-electron chi connectivity index (χ3n) is 5.71. The van der Waals surface area contributed by atoms with Crippen molar-refractivity contribution in [3.63, 3.8) is 0 Å². The van der Waals surface area contributed by atoms with Gasteiger partial charge in [-0.15, -0.1) is 0 Å². The van der Waals surface area contributed by atoms with Crippen LogP contribution in [0, 0.1) is 0 Å². The Kier molecular flexibility index (Phi) is 5.14. The zero-order valence-electron chi connectivity index (χ0n) is 17.2. The van der Waals surface area contributed by atoms with Crippen LogP contribution in [0.1, 0.15) is 17.4 Å². The van der Waals surface area contributed by atoms with Crippen molar-refractivity contribution in [1.29, 1.82) is 0 Å². The number of H-pyrrole nitrogens is 1. The van der Waals surface area contributed by atoms with Gasteiger partial charge in [-0.05, 0) is 42.0 Å². The van der Waals surface area contributed by atoms with Crippen molar-refractivity contribution in [3.8, 4) is 0 Å². The van der Waals surface area contributed by atoms with Crippen molar-refractivity contribution in [2.24, 2.45) is 0 Å². The fraction of sp³-hybridized carbons (Fsp3) is 0.125. The highest BCUT2D eigenvalue weighted by molar-refractivity contribution is 6.31. The van der Waals surface area contributed by atoms with Crippen molar-refractivity contribution < 1.29 is 14.3 Å². The van der Waals surface area contributed by atoms with Gasteiger partial charge in [-0.3, -0.25) is 9.36 Å². The second-order valence-corrected chi connectivity index (χ2v) is 8.14. The lowest BCUT2D eigenvalue weighted by molar-refractivity contribution is -0.141. The maximum absolute atomic E-state index is 13.5. The molecule has 5 aromatic rings. The Morgan fingerprint density at radius 1 is 1.09 bits per heavy atom. The lowest BCUT2D eigenvalue weighted by Crippen LogP contribution is -2.45. The first-order valence-corrected chi connectivity index (χ1v) is 10.6. The molecule has 0 fully saturated rings. The summed E-state index contributed by atoms with van der Waals surface area (Å²) in [6, 6.07) is 14.0. The quantitative estimate of drug-likeness (QED) is 0.398. The van der Waals surface area contributed by atoms with Gasteiger partial charge in [-0.2, -0.15) is 0 Å². The number of benzene rings is 2. The standard InChI is InChI=1S/C24H18ClN3O5/c25-15-7-8-20-18(11-15)22(29)28(24(32)27(20)13-16-4-3-9-33-16)21(23(30)31)10-14-12-26-19-6-2-1-5-17(14)19/h1-9,11-12,21,26H,10,13H2,(H,30,31)/t21-/m1/s1.